The molecule has 324 valence electrons. The predicted molar refractivity (Wildman–Crippen MR) is 229 cm³/mol. The molecule has 0 aliphatic carbocycles. The van der Waals surface area contributed by atoms with Gasteiger partial charge in [0.1, 0.15) is 6.61 Å². The van der Waals surface area contributed by atoms with Crippen LogP contribution in [0.25, 0.3) is 0 Å². The normalized spacial score (nSPS) is 13.5. The standard InChI is InChI=1S/C45H86NO8P/c1-3-5-7-9-11-13-15-17-19-21-23-25-27-29-31-33-35-37-44(47)51-41-43(42-53-55(49,50)52-40-39-46)54-45(48)38-36-34-32-30-28-26-24-22-20-18-16-14-12-10-8-6-4-2/h12,14,18,20,43H,3-11,13,15-17,19,21-42,46H2,1-2H3,(H,49,50)/b14-12-,20-18-. The summed E-state index contributed by atoms with van der Waals surface area (Å²) >= 11 is 0. The van der Waals surface area contributed by atoms with Gasteiger partial charge < -0.3 is 20.1 Å². The summed E-state index contributed by atoms with van der Waals surface area (Å²) in [5, 5.41) is 0. The van der Waals surface area contributed by atoms with E-state index in [1.165, 1.54) is 135 Å². The Labute approximate surface area is 338 Å². The molecule has 2 atom stereocenters. The van der Waals surface area contributed by atoms with E-state index in [0.717, 1.165) is 51.4 Å². The van der Waals surface area contributed by atoms with Gasteiger partial charge in [-0.3, -0.25) is 18.6 Å². The lowest BCUT2D eigenvalue weighted by atomic mass is 10.0. The molecule has 0 amide bonds. The van der Waals surface area contributed by atoms with E-state index in [1.807, 2.05) is 0 Å². The lowest BCUT2D eigenvalue weighted by Crippen LogP contribution is -2.29. The summed E-state index contributed by atoms with van der Waals surface area (Å²) in [5.41, 5.74) is 5.35. The van der Waals surface area contributed by atoms with Crippen LogP contribution < -0.4 is 5.73 Å². The molecule has 0 radical (unpaired) electrons. The Morgan fingerprint density at radius 3 is 1.42 bits per heavy atom. The van der Waals surface area contributed by atoms with Crippen LogP contribution >= 0.6 is 7.82 Å². The third-order valence-corrected chi connectivity index (χ3v) is 10.8. The third-order valence-electron chi connectivity index (χ3n) is 9.84. The number of hydrogen-bond donors (Lipinski definition) is 2. The third kappa shape index (κ3) is 41.9. The molecular formula is C45H86NO8P. The summed E-state index contributed by atoms with van der Waals surface area (Å²) < 4.78 is 32.8. The van der Waals surface area contributed by atoms with Crippen molar-refractivity contribution in [1.82, 2.24) is 0 Å². The summed E-state index contributed by atoms with van der Waals surface area (Å²) in [7, 11) is -4.38. The highest BCUT2D eigenvalue weighted by Crippen LogP contribution is 2.43. The second-order valence-electron chi connectivity index (χ2n) is 15.3. The molecule has 0 bridgehead atoms. The topological polar surface area (TPSA) is 134 Å². The summed E-state index contributed by atoms with van der Waals surface area (Å²) in [6.45, 7) is 3.73. The molecule has 3 N–H and O–H groups in total. The molecule has 0 fully saturated rings. The van der Waals surface area contributed by atoms with E-state index in [4.69, 9.17) is 24.3 Å². The van der Waals surface area contributed by atoms with Gasteiger partial charge in [0, 0.05) is 19.4 Å². The van der Waals surface area contributed by atoms with Gasteiger partial charge in [-0.15, -0.1) is 0 Å². The monoisotopic (exact) mass is 800 g/mol. The number of ether oxygens (including phenoxy) is 2. The minimum atomic E-state index is -4.38. The Kier molecular flexibility index (Phi) is 40.9. The van der Waals surface area contributed by atoms with Gasteiger partial charge in [-0.1, -0.05) is 186 Å². The average Bonchev–Trinajstić information content (AvgIpc) is 3.17. The van der Waals surface area contributed by atoms with Gasteiger partial charge in [0.05, 0.1) is 13.2 Å². The van der Waals surface area contributed by atoms with Crippen molar-refractivity contribution in [2.75, 3.05) is 26.4 Å². The molecule has 0 aliphatic rings. The van der Waals surface area contributed by atoms with Crippen molar-refractivity contribution in [3.63, 3.8) is 0 Å². The molecular weight excluding hydrogens is 713 g/mol. The van der Waals surface area contributed by atoms with E-state index in [-0.39, 0.29) is 38.6 Å². The van der Waals surface area contributed by atoms with Gasteiger partial charge in [-0.25, -0.2) is 4.57 Å². The lowest BCUT2D eigenvalue weighted by Gasteiger charge is -2.19. The minimum Gasteiger partial charge on any atom is -0.462 e. The van der Waals surface area contributed by atoms with Crippen LogP contribution in [-0.4, -0.2) is 49.3 Å². The number of esters is 2. The molecule has 0 aliphatic heterocycles. The summed E-state index contributed by atoms with van der Waals surface area (Å²) in [6, 6.07) is 0. The Bertz CT molecular complexity index is 959. The summed E-state index contributed by atoms with van der Waals surface area (Å²) in [5.74, 6) is -0.828. The number of rotatable bonds is 43. The van der Waals surface area contributed by atoms with Gasteiger partial charge in [0.2, 0.25) is 0 Å². The molecule has 0 spiro atoms. The maximum atomic E-state index is 12.6. The number of carbonyl (C=O) groups is 2. The summed E-state index contributed by atoms with van der Waals surface area (Å²) in [6.07, 6.45) is 44.9. The van der Waals surface area contributed by atoms with Crippen molar-refractivity contribution in [3.8, 4) is 0 Å². The van der Waals surface area contributed by atoms with E-state index in [2.05, 4.69) is 38.2 Å². The van der Waals surface area contributed by atoms with Gasteiger partial charge in [0.25, 0.3) is 0 Å². The number of unbranched alkanes of at least 4 members (excludes halogenated alkanes) is 26. The lowest BCUT2D eigenvalue weighted by molar-refractivity contribution is -0.161. The molecule has 0 aromatic carbocycles. The highest BCUT2D eigenvalue weighted by molar-refractivity contribution is 7.47. The van der Waals surface area contributed by atoms with E-state index >= 15 is 0 Å². The average molecular weight is 800 g/mol. The maximum Gasteiger partial charge on any atom is 0.472 e. The molecule has 55 heavy (non-hydrogen) atoms. The van der Waals surface area contributed by atoms with Crippen LogP contribution in [0.5, 0.6) is 0 Å². The van der Waals surface area contributed by atoms with Crippen molar-refractivity contribution >= 4 is 19.8 Å². The molecule has 0 aromatic rings. The van der Waals surface area contributed by atoms with Crippen molar-refractivity contribution in [2.24, 2.45) is 5.73 Å². The van der Waals surface area contributed by atoms with Gasteiger partial charge in [0.15, 0.2) is 6.10 Å². The molecule has 0 heterocycles. The highest BCUT2D eigenvalue weighted by Gasteiger charge is 2.26. The molecule has 0 saturated carbocycles. The van der Waals surface area contributed by atoms with Crippen LogP contribution in [0.2, 0.25) is 0 Å². The Morgan fingerprint density at radius 2 is 0.945 bits per heavy atom. The van der Waals surface area contributed by atoms with Crippen LogP contribution in [0.15, 0.2) is 24.3 Å². The minimum absolute atomic E-state index is 0.0536. The maximum absolute atomic E-state index is 12.6. The van der Waals surface area contributed by atoms with E-state index < -0.39 is 26.5 Å². The van der Waals surface area contributed by atoms with E-state index in [0.29, 0.717) is 6.42 Å². The summed E-state index contributed by atoms with van der Waals surface area (Å²) in [4.78, 5) is 34.9. The molecule has 0 aromatic heterocycles. The fraction of sp³-hybridized carbons (Fsp3) is 0.867. The quantitative estimate of drug-likeness (QED) is 0.0267. The van der Waals surface area contributed by atoms with Crippen molar-refractivity contribution in [3.05, 3.63) is 24.3 Å². The number of phosphoric acid groups is 1. The zero-order valence-electron chi connectivity index (χ0n) is 35.7. The largest absolute Gasteiger partial charge is 0.472 e. The van der Waals surface area contributed by atoms with Crippen molar-refractivity contribution < 1.29 is 37.6 Å². The number of hydrogen-bond acceptors (Lipinski definition) is 8. The number of allylic oxidation sites excluding steroid dienone is 4. The van der Waals surface area contributed by atoms with Crippen LogP contribution in [0.3, 0.4) is 0 Å². The molecule has 0 saturated heterocycles. The number of nitrogens with two attached hydrogens (primary N) is 1. The van der Waals surface area contributed by atoms with Gasteiger partial charge in [-0.2, -0.15) is 0 Å². The fourth-order valence-electron chi connectivity index (χ4n) is 6.43. The van der Waals surface area contributed by atoms with Gasteiger partial charge in [-0.05, 0) is 44.9 Å². The van der Waals surface area contributed by atoms with E-state index in [1.54, 1.807) is 0 Å². The first-order chi connectivity index (χ1) is 26.8. The number of phosphoric ester groups is 1. The Morgan fingerprint density at radius 1 is 0.545 bits per heavy atom. The second-order valence-corrected chi connectivity index (χ2v) is 16.7. The van der Waals surface area contributed by atoms with Crippen LogP contribution in [0, 0.1) is 0 Å². The smallest absolute Gasteiger partial charge is 0.462 e. The molecule has 9 nitrogen and oxygen atoms in total. The molecule has 0 rings (SSSR count). The van der Waals surface area contributed by atoms with Crippen LogP contribution in [0.4, 0.5) is 0 Å². The zero-order chi connectivity index (χ0) is 40.3. The molecule has 2 unspecified atom stereocenters. The molecule has 10 heteroatoms. The highest BCUT2D eigenvalue weighted by atomic mass is 31.2. The first-order valence-electron chi connectivity index (χ1n) is 22.8. The van der Waals surface area contributed by atoms with Crippen molar-refractivity contribution in [2.45, 2.75) is 225 Å². The SMILES string of the molecule is CCCCC/C=C\C/C=C\CCCCCCCCCC(=O)OC(COC(=O)CCCCCCCCCCCCCCCCCCC)COP(=O)(O)OCCN. The van der Waals surface area contributed by atoms with Gasteiger partial charge >= 0.3 is 19.8 Å². The second kappa shape index (κ2) is 42.1. The fourth-order valence-corrected chi connectivity index (χ4v) is 7.20. The van der Waals surface area contributed by atoms with Crippen molar-refractivity contribution in [1.29, 1.82) is 0 Å². The Hall–Kier alpha value is -1.51. The Balaban J connectivity index is 4.11. The first kappa shape index (κ1) is 53.5. The number of carbonyl (C=O) groups excluding carboxylic acids is 2. The zero-order valence-corrected chi connectivity index (χ0v) is 36.6. The van der Waals surface area contributed by atoms with E-state index in [9.17, 15) is 19.0 Å². The first-order valence-corrected chi connectivity index (χ1v) is 24.3. The van der Waals surface area contributed by atoms with Crippen LogP contribution in [-0.2, 0) is 32.7 Å². The predicted octanol–water partition coefficient (Wildman–Crippen LogP) is 13.2. The van der Waals surface area contributed by atoms with Crippen LogP contribution in [0.1, 0.15) is 219 Å².